The first kappa shape index (κ1) is 12.2. The SMILES string of the molecule is CC(C)C1CCCc2ccccc21.OO. The molecule has 1 aliphatic carbocycles. The summed E-state index contributed by atoms with van der Waals surface area (Å²) >= 11 is 0. The predicted octanol–water partition coefficient (Wildman–Crippen LogP) is 3.78. The summed E-state index contributed by atoms with van der Waals surface area (Å²) in [7, 11) is 0. The van der Waals surface area contributed by atoms with Gasteiger partial charge < -0.3 is 0 Å². The summed E-state index contributed by atoms with van der Waals surface area (Å²) in [4.78, 5) is 0. The van der Waals surface area contributed by atoms with Crippen molar-refractivity contribution in [3.63, 3.8) is 0 Å². The van der Waals surface area contributed by atoms with Crippen LogP contribution < -0.4 is 0 Å². The highest BCUT2D eigenvalue weighted by Gasteiger charge is 2.21. The second-order valence-corrected chi connectivity index (χ2v) is 4.44. The van der Waals surface area contributed by atoms with Crippen LogP contribution in [0.1, 0.15) is 43.7 Å². The van der Waals surface area contributed by atoms with Crippen LogP contribution in [0.4, 0.5) is 0 Å². The third-order valence-corrected chi connectivity index (χ3v) is 3.22. The van der Waals surface area contributed by atoms with Gasteiger partial charge in [0.05, 0.1) is 0 Å². The van der Waals surface area contributed by atoms with Crippen LogP contribution in [0.3, 0.4) is 0 Å². The molecule has 1 unspecified atom stereocenters. The summed E-state index contributed by atoms with van der Waals surface area (Å²) in [5.41, 5.74) is 3.20. The summed E-state index contributed by atoms with van der Waals surface area (Å²) in [6.07, 6.45) is 4.05. The van der Waals surface area contributed by atoms with Crippen LogP contribution in [0.15, 0.2) is 24.3 Å². The van der Waals surface area contributed by atoms with Crippen molar-refractivity contribution in [3.8, 4) is 0 Å². The van der Waals surface area contributed by atoms with E-state index in [0.717, 1.165) is 11.8 Å². The number of hydrogen-bond donors (Lipinski definition) is 2. The van der Waals surface area contributed by atoms with Crippen LogP contribution in [0.2, 0.25) is 0 Å². The van der Waals surface area contributed by atoms with Gasteiger partial charge in [-0.05, 0) is 42.2 Å². The molecule has 2 N–H and O–H groups in total. The van der Waals surface area contributed by atoms with Gasteiger partial charge in [0, 0.05) is 0 Å². The molecule has 0 saturated heterocycles. The molecular formula is C13H20O2. The van der Waals surface area contributed by atoms with Gasteiger partial charge in [0.1, 0.15) is 0 Å². The zero-order chi connectivity index (χ0) is 11.3. The third-order valence-electron chi connectivity index (χ3n) is 3.22. The van der Waals surface area contributed by atoms with Crippen molar-refractivity contribution in [1.82, 2.24) is 0 Å². The summed E-state index contributed by atoms with van der Waals surface area (Å²) in [5, 5.41) is 12.0. The van der Waals surface area contributed by atoms with Crippen molar-refractivity contribution in [2.45, 2.75) is 39.0 Å². The lowest BCUT2D eigenvalue weighted by molar-refractivity contribution is -0.176. The zero-order valence-electron chi connectivity index (χ0n) is 9.48. The summed E-state index contributed by atoms with van der Waals surface area (Å²) < 4.78 is 0. The minimum atomic E-state index is 0.793. The van der Waals surface area contributed by atoms with Crippen LogP contribution in [0.5, 0.6) is 0 Å². The van der Waals surface area contributed by atoms with Crippen molar-refractivity contribution in [3.05, 3.63) is 35.4 Å². The molecule has 2 nitrogen and oxygen atoms in total. The summed E-state index contributed by atoms with van der Waals surface area (Å²) in [6.45, 7) is 4.68. The topological polar surface area (TPSA) is 40.5 Å². The molecule has 15 heavy (non-hydrogen) atoms. The molecule has 0 fully saturated rings. The molecule has 0 bridgehead atoms. The maximum atomic E-state index is 6.00. The van der Waals surface area contributed by atoms with E-state index >= 15 is 0 Å². The molecule has 0 aliphatic heterocycles. The first-order valence-electron chi connectivity index (χ1n) is 5.57. The maximum Gasteiger partial charge on any atom is -0.0136 e. The molecule has 0 spiro atoms. The van der Waals surface area contributed by atoms with Gasteiger partial charge in [0.15, 0.2) is 0 Å². The molecule has 1 aromatic rings. The smallest absolute Gasteiger partial charge is 0.0136 e. The third kappa shape index (κ3) is 2.80. The van der Waals surface area contributed by atoms with E-state index in [1.54, 1.807) is 11.1 Å². The van der Waals surface area contributed by atoms with Crippen molar-refractivity contribution in [2.24, 2.45) is 5.92 Å². The second kappa shape index (κ2) is 5.89. The van der Waals surface area contributed by atoms with Gasteiger partial charge in [-0.25, -0.2) is 0 Å². The first-order valence-corrected chi connectivity index (χ1v) is 5.57. The lowest BCUT2D eigenvalue weighted by atomic mass is 9.77. The molecule has 2 rings (SSSR count). The van der Waals surface area contributed by atoms with Crippen molar-refractivity contribution in [1.29, 1.82) is 0 Å². The number of rotatable bonds is 1. The van der Waals surface area contributed by atoms with E-state index in [9.17, 15) is 0 Å². The molecule has 0 amide bonds. The monoisotopic (exact) mass is 208 g/mol. The summed E-state index contributed by atoms with van der Waals surface area (Å²) in [5.74, 6) is 1.60. The molecular weight excluding hydrogens is 188 g/mol. The number of hydrogen-bond acceptors (Lipinski definition) is 2. The minimum absolute atomic E-state index is 0.793. The zero-order valence-corrected chi connectivity index (χ0v) is 9.48. The van der Waals surface area contributed by atoms with Crippen molar-refractivity contribution >= 4 is 0 Å². The molecule has 0 saturated carbocycles. The molecule has 1 atom stereocenters. The maximum absolute atomic E-state index is 6.00. The quantitative estimate of drug-likeness (QED) is 0.544. The molecule has 0 radical (unpaired) electrons. The van der Waals surface area contributed by atoms with Gasteiger partial charge in [-0.2, -0.15) is 0 Å². The standard InChI is InChI=1S/C13H18.H2O2/c1-10(2)12-9-5-7-11-6-3-4-8-13(11)12;1-2/h3-4,6,8,10,12H,5,7,9H2,1-2H3;1-2H. The molecule has 0 heterocycles. The lowest BCUT2D eigenvalue weighted by Crippen LogP contribution is -2.14. The Morgan fingerprint density at radius 3 is 2.53 bits per heavy atom. The van der Waals surface area contributed by atoms with Gasteiger partial charge in [-0.15, -0.1) is 0 Å². The Kier molecular flexibility index (Phi) is 4.79. The normalized spacial score (nSPS) is 19.1. The first-order chi connectivity index (χ1) is 7.29. The number of fused-ring (bicyclic) bond motifs is 1. The van der Waals surface area contributed by atoms with E-state index in [0.29, 0.717) is 0 Å². The van der Waals surface area contributed by atoms with E-state index in [1.807, 2.05) is 0 Å². The highest BCUT2D eigenvalue weighted by atomic mass is 17.0. The highest BCUT2D eigenvalue weighted by molar-refractivity contribution is 5.32. The minimum Gasteiger partial charge on any atom is -0.255 e. The van der Waals surface area contributed by atoms with Gasteiger partial charge in [0.2, 0.25) is 0 Å². The lowest BCUT2D eigenvalue weighted by Gasteiger charge is -2.28. The van der Waals surface area contributed by atoms with E-state index in [2.05, 4.69) is 38.1 Å². The molecule has 0 aromatic heterocycles. The number of benzene rings is 1. The Morgan fingerprint density at radius 1 is 1.20 bits per heavy atom. The van der Waals surface area contributed by atoms with Crippen LogP contribution in [-0.2, 0) is 6.42 Å². The fraction of sp³-hybridized carbons (Fsp3) is 0.538. The van der Waals surface area contributed by atoms with E-state index in [-0.39, 0.29) is 0 Å². The van der Waals surface area contributed by atoms with Gasteiger partial charge in [0.25, 0.3) is 0 Å². The van der Waals surface area contributed by atoms with Crippen LogP contribution >= 0.6 is 0 Å². The van der Waals surface area contributed by atoms with Gasteiger partial charge >= 0.3 is 0 Å². The van der Waals surface area contributed by atoms with Crippen LogP contribution in [0.25, 0.3) is 0 Å². The Morgan fingerprint density at radius 2 is 1.87 bits per heavy atom. The average molecular weight is 208 g/mol. The average Bonchev–Trinajstić information content (AvgIpc) is 2.31. The highest BCUT2D eigenvalue weighted by Crippen LogP contribution is 2.36. The second-order valence-electron chi connectivity index (χ2n) is 4.44. The Balaban J connectivity index is 0.000000531. The fourth-order valence-electron chi connectivity index (χ4n) is 2.48. The van der Waals surface area contributed by atoms with E-state index in [4.69, 9.17) is 10.5 Å². The van der Waals surface area contributed by atoms with Crippen LogP contribution in [0, 0.1) is 5.92 Å². The van der Waals surface area contributed by atoms with Crippen LogP contribution in [-0.4, -0.2) is 10.5 Å². The van der Waals surface area contributed by atoms with E-state index in [1.165, 1.54) is 19.3 Å². The van der Waals surface area contributed by atoms with Crippen molar-refractivity contribution in [2.75, 3.05) is 0 Å². The Bertz CT molecular complexity index is 294. The van der Waals surface area contributed by atoms with Gasteiger partial charge in [-0.3, -0.25) is 10.5 Å². The Hall–Kier alpha value is -0.860. The number of aryl methyl sites for hydroxylation is 1. The molecule has 1 aliphatic rings. The largest absolute Gasteiger partial charge is 0.255 e. The predicted molar refractivity (Wildman–Crippen MR) is 62.2 cm³/mol. The van der Waals surface area contributed by atoms with Crippen molar-refractivity contribution < 1.29 is 10.5 Å². The molecule has 2 heteroatoms. The fourth-order valence-corrected chi connectivity index (χ4v) is 2.48. The van der Waals surface area contributed by atoms with E-state index < -0.39 is 0 Å². The Labute approximate surface area is 91.5 Å². The molecule has 1 aromatic carbocycles. The van der Waals surface area contributed by atoms with Gasteiger partial charge in [-0.1, -0.05) is 38.1 Å². The molecule has 84 valence electrons. The summed E-state index contributed by atoms with van der Waals surface area (Å²) in [6, 6.07) is 8.96.